The van der Waals surface area contributed by atoms with Gasteiger partial charge in [0.1, 0.15) is 5.75 Å². The van der Waals surface area contributed by atoms with Crippen molar-refractivity contribution in [3.63, 3.8) is 0 Å². The fraction of sp³-hybridized carbons (Fsp3) is 0.593. The van der Waals surface area contributed by atoms with Crippen LogP contribution in [0.25, 0.3) is 10.8 Å². The largest absolute Gasteiger partial charge is 0.489 e. The average molecular weight is 508 g/mol. The third-order valence-corrected chi connectivity index (χ3v) is 9.65. The van der Waals surface area contributed by atoms with Gasteiger partial charge in [-0.2, -0.15) is 13.2 Å². The molecule has 0 aromatic heterocycles. The van der Waals surface area contributed by atoms with Crippen molar-refractivity contribution in [2.45, 2.75) is 82.3 Å². The van der Waals surface area contributed by atoms with E-state index in [1.165, 1.54) is 5.56 Å². The molecule has 35 heavy (non-hydrogen) atoms. The lowest BCUT2D eigenvalue weighted by Crippen LogP contribution is -2.73. The Bertz CT molecular complexity index is 1160. The number of nitrogens with zero attached hydrogens (tertiary/aromatic N) is 1. The van der Waals surface area contributed by atoms with Crippen LogP contribution in [0.2, 0.25) is 5.02 Å². The number of ether oxygens (including phenoxy) is 1. The van der Waals surface area contributed by atoms with Gasteiger partial charge in [-0.1, -0.05) is 29.8 Å². The highest BCUT2D eigenvalue weighted by molar-refractivity contribution is 6.37. The molecular weight excluding hydrogens is 479 g/mol. The number of carbonyl (C=O) groups is 1. The van der Waals surface area contributed by atoms with E-state index >= 15 is 0 Å². The second-order valence-electron chi connectivity index (χ2n) is 11.0. The molecule has 0 spiro atoms. The molecular formula is C27H29ClF3NO3. The summed E-state index contributed by atoms with van der Waals surface area (Å²) in [7, 11) is 0. The molecule has 2 saturated heterocycles. The van der Waals surface area contributed by atoms with Gasteiger partial charge in [0.2, 0.25) is 0 Å². The fourth-order valence-corrected chi connectivity index (χ4v) is 7.64. The van der Waals surface area contributed by atoms with E-state index in [1.807, 2.05) is 18.2 Å². The summed E-state index contributed by atoms with van der Waals surface area (Å²) in [4.78, 5) is 14.4. The van der Waals surface area contributed by atoms with Gasteiger partial charge < -0.3 is 9.84 Å². The quantitative estimate of drug-likeness (QED) is 0.482. The summed E-state index contributed by atoms with van der Waals surface area (Å²) in [5.41, 5.74) is 0.691. The molecule has 3 saturated carbocycles. The fourth-order valence-electron chi connectivity index (χ4n) is 7.36. The molecule has 188 valence electrons. The maximum absolute atomic E-state index is 12.9. The van der Waals surface area contributed by atoms with Gasteiger partial charge in [0.25, 0.3) is 0 Å². The molecule has 4 unspecified atom stereocenters. The number of piperidine rings is 3. The molecule has 3 aliphatic carbocycles. The Morgan fingerprint density at radius 3 is 2.51 bits per heavy atom. The molecule has 5 fully saturated rings. The van der Waals surface area contributed by atoms with Gasteiger partial charge in [-0.25, -0.2) is 0 Å². The van der Waals surface area contributed by atoms with Gasteiger partial charge in [-0.05, 0) is 80.4 Å². The Hall–Kier alpha value is -1.99. The van der Waals surface area contributed by atoms with Crippen molar-refractivity contribution in [3.8, 4) is 5.75 Å². The number of hydrogen-bond acceptors (Lipinski definition) is 3. The molecule has 2 aromatic carbocycles. The molecule has 4 bridgehead atoms. The molecule has 2 aromatic rings. The lowest BCUT2D eigenvalue weighted by atomic mass is 9.46. The second-order valence-corrected chi connectivity index (χ2v) is 11.4. The predicted octanol–water partition coefficient (Wildman–Crippen LogP) is 6.82. The van der Waals surface area contributed by atoms with E-state index < -0.39 is 23.5 Å². The van der Waals surface area contributed by atoms with Crippen LogP contribution in [0.3, 0.4) is 0 Å². The third-order valence-electron chi connectivity index (χ3n) is 9.26. The number of rotatable bonds is 5. The molecule has 0 amide bonds. The summed E-state index contributed by atoms with van der Waals surface area (Å²) in [6, 6.07) is 10.7. The first-order valence-corrected chi connectivity index (χ1v) is 13.0. The van der Waals surface area contributed by atoms with Crippen molar-refractivity contribution in [2.24, 2.45) is 17.3 Å². The Kier molecular flexibility index (Phi) is 5.53. The smallest absolute Gasteiger partial charge is 0.391 e. The zero-order valence-corrected chi connectivity index (χ0v) is 20.1. The van der Waals surface area contributed by atoms with Crippen molar-refractivity contribution in [1.82, 2.24) is 4.90 Å². The van der Waals surface area contributed by atoms with E-state index in [2.05, 4.69) is 17.0 Å². The topological polar surface area (TPSA) is 49.8 Å². The van der Waals surface area contributed by atoms with Crippen molar-refractivity contribution >= 4 is 28.3 Å². The van der Waals surface area contributed by atoms with Gasteiger partial charge in [0.15, 0.2) is 0 Å². The highest BCUT2D eigenvalue weighted by Gasteiger charge is 2.67. The van der Waals surface area contributed by atoms with Crippen LogP contribution >= 0.6 is 11.6 Å². The first-order valence-electron chi connectivity index (χ1n) is 12.6. The number of carboxylic acids is 1. The number of alkyl halides is 3. The van der Waals surface area contributed by atoms with E-state index in [4.69, 9.17) is 16.3 Å². The SMILES string of the molecule is O=C(O)C12CC3CCC1C(C2)N3Cc1ccc2c(Cl)c(OC3CCC(C(F)(F)F)CC3)ccc2c1. The minimum atomic E-state index is -4.13. The molecule has 5 aliphatic rings. The zero-order valence-electron chi connectivity index (χ0n) is 19.4. The van der Waals surface area contributed by atoms with E-state index in [-0.39, 0.29) is 24.9 Å². The van der Waals surface area contributed by atoms with Gasteiger partial charge in [-0.15, -0.1) is 0 Å². The van der Waals surface area contributed by atoms with Gasteiger partial charge in [-0.3, -0.25) is 9.69 Å². The van der Waals surface area contributed by atoms with Crippen LogP contribution in [0.4, 0.5) is 13.2 Å². The minimum Gasteiger partial charge on any atom is -0.489 e. The summed E-state index contributed by atoms with van der Waals surface area (Å²) in [6.45, 7) is 0.801. The van der Waals surface area contributed by atoms with Crippen LogP contribution in [-0.4, -0.2) is 40.3 Å². The Labute approximate surface area is 207 Å². The average Bonchev–Trinajstić information content (AvgIpc) is 2.81. The molecule has 4 nitrogen and oxygen atoms in total. The molecule has 0 radical (unpaired) electrons. The van der Waals surface area contributed by atoms with Crippen LogP contribution in [0.1, 0.15) is 56.9 Å². The molecule has 4 atom stereocenters. The molecule has 2 heterocycles. The number of halogens is 4. The Morgan fingerprint density at radius 1 is 1.09 bits per heavy atom. The molecule has 8 heteroatoms. The van der Waals surface area contributed by atoms with Crippen LogP contribution in [0, 0.1) is 17.3 Å². The summed E-state index contributed by atoms with van der Waals surface area (Å²) >= 11 is 6.66. The number of carboxylic acid groups (broad SMARTS) is 1. The maximum Gasteiger partial charge on any atom is 0.391 e. The number of aliphatic carboxylic acids is 1. The summed E-state index contributed by atoms with van der Waals surface area (Å²) in [6.07, 6.45) is 0.161. The van der Waals surface area contributed by atoms with Crippen molar-refractivity contribution in [1.29, 1.82) is 0 Å². The van der Waals surface area contributed by atoms with Crippen molar-refractivity contribution in [2.75, 3.05) is 0 Å². The van der Waals surface area contributed by atoms with E-state index in [1.54, 1.807) is 0 Å². The van der Waals surface area contributed by atoms with Gasteiger partial charge >= 0.3 is 12.1 Å². The molecule has 7 rings (SSSR count). The van der Waals surface area contributed by atoms with E-state index in [0.717, 1.165) is 43.0 Å². The molecule has 2 aliphatic heterocycles. The first kappa shape index (κ1) is 23.4. The van der Waals surface area contributed by atoms with Crippen LogP contribution in [0.15, 0.2) is 30.3 Å². The number of hydrogen-bond donors (Lipinski definition) is 1. The van der Waals surface area contributed by atoms with Crippen LogP contribution in [-0.2, 0) is 11.3 Å². The minimum absolute atomic E-state index is 0.0929. The van der Waals surface area contributed by atoms with Gasteiger partial charge in [0.05, 0.1) is 22.5 Å². The van der Waals surface area contributed by atoms with E-state index in [0.29, 0.717) is 35.7 Å². The van der Waals surface area contributed by atoms with Crippen molar-refractivity contribution in [3.05, 3.63) is 40.9 Å². The molecule has 1 N–H and O–H groups in total. The lowest BCUT2D eigenvalue weighted by molar-refractivity contribution is -0.217. The first-order chi connectivity index (χ1) is 16.7. The second kappa shape index (κ2) is 8.27. The van der Waals surface area contributed by atoms with Crippen LogP contribution in [0.5, 0.6) is 5.75 Å². The maximum atomic E-state index is 12.9. The van der Waals surface area contributed by atoms with Crippen LogP contribution < -0.4 is 4.74 Å². The number of benzene rings is 2. The summed E-state index contributed by atoms with van der Waals surface area (Å²) in [5, 5.41) is 12.1. The predicted molar refractivity (Wildman–Crippen MR) is 127 cm³/mol. The monoisotopic (exact) mass is 507 g/mol. The van der Waals surface area contributed by atoms with Gasteiger partial charge in [0, 0.05) is 24.0 Å². The van der Waals surface area contributed by atoms with E-state index in [9.17, 15) is 23.1 Å². The normalized spacial score (nSPS) is 34.6. The Morgan fingerprint density at radius 2 is 1.86 bits per heavy atom. The van der Waals surface area contributed by atoms with Crippen molar-refractivity contribution < 1.29 is 27.8 Å². The third kappa shape index (κ3) is 3.81. The highest BCUT2D eigenvalue weighted by Crippen LogP contribution is 2.63. The Balaban J connectivity index is 1.14. The highest BCUT2D eigenvalue weighted by atomic mass is 35.5. The standard InChI is InChI=1S/C27H29ClF3NO3/c28-24-20-8-1-15(14-32-18-5-9-21-22(32)13-26(21,12-18)25(33)34)11-16(20)2-10-23(24)35-19-6-3-17(4-7-19)27(29,30)31/h1-2,8,10-11,17-19,21-22H,3-7,9,12-14H2,(H,33,34). The summed E-state index contributed by atoms with van der Waals surface area (Å²) in [5.74, 6) is -1.06. The summed E-state index contributed by atoms with van der Waals surface area (Å²) < 4.78 is 44.9. The lowest BCUT2D eigenvalue weighted by Gasteiger charge is -2.68. The number of fused-ring (bicyclic) bond motifs is 2. The zero-order chi connectivity index (χ0) is 24.5.